The van der Waals surface area contributed by atoms with Crippen LogP contribution in [0.1, 0.15) is 25.5 Å². The molecule has 1 fully saturated rings. The number of methoxy groups -OCH3 is 1. The molecule has 4 nitrogen and oxygen atoms in total. The van der Waals surface area contributed by atoms with Crippen LogP contribution in [0.4, 0.5) is 0 Å². The Hall–Kier alpha value is -0.870. The summed E-state index contributed by atoms with van der Waals surface area (Å²) in [5.41, 5.74) is 1.24. The highest BCUT2D eigenvalue weighted by atomic mass is 16.5. The minimum absolute atomic E-state index is 0.213. The molecule has 0 saturated heterocycles. The second-order valence-electron chi connectivity index (χ2n) is 4.21. The lowest BCUT2D eigenvalue weighted by Gasteiger charge is -2.12. The summed E-state index contributed by atoms with van der Waals surface area (Å²) in [4.78, 5) is 0. The van der Waals surface area contributed by atoms with Crippen LogP contribution in [-0.4, -0.2) is 29.0 Å². The van der Waals surface area contributed by atoms with Crippen molar-refractivity contribution in [1.29, 1.82) is 0 Å². The molecular weight excluding hydrogens is 190 g/mol. The Morgan fingerprint density at radius 2 is 2.47 bits per heavy atom. The van der Waals surface area contributed by atoms with Crippen molar-refractivity contribution < 1.29 is 4.74 Å². The Morgan fingerprint density at radius 1 is 1.67 bits per heavy atom. The van der Waals surface area contributed by atoms with Crippen molar-refractivity contribution in [2.24, 2.45) is 0 Å². The molecule has 15 heavy (non-hydrogen) atoms. The molecule has 1 heterocycles. The number of ether oxygens (including phenoxy) is 1. The van der Waals surface area contributed by atoms with Gasteiger partial charge in [0.05, 0.1) is 18.3 Å². The van der Waals surface area contributed by atoms with Gasteiger partial charge in [-0.05, 0) is 25.8 Å². The van der Waals surface area contributed by atoms with Crippen LogP contribution in [0.25, 0.3) is 0 Å². The van der Waals surface area contributed by atoms with E-state index in [4.69, 9.17) is 4.74 Å². The molecule has 1 aromatic heterocycles. The van der Waals surface area contributed by atoms with Crippen LogP contribution >= 0.6 is 0 Å². The van der Waals surface area contributed by atoms with Crippen LogP contribution in [0.15, 0.2) is 12.3 Å². The SMILES string of the molecule is COC(C)Cn1nccc1CNC1CC1. The van der Waals surface area contributed by atoms with Gasteiger partial charge in [-0.25, -0.2) is 0 Å². The molecule has 1 unspecified atom stereocenters. The number of nitrogens with one attached hydrogen (secondary N) is 1. The van der Waals surface area contributed by atoms with Gasteiger partial charge in [-0.2, -0.15) is 5.10 Å². The van der Waals surface area contributed by atoms with Gasteiger partial charge in [-0.1, -0.05) is 0 Å². The van der Waals surface area contributed by atoms with Gasteiger partial charge in [-0.15, -0.1) is 0 Å². The number of hydrogen-bond donors (Lipinski definition) is 1. The van der Waals surface area contributed by atoms with Gasteiger partial charge in [0.25, 0.3) is 0 Å². The first-order valence-electron chi connectivity index (χ1n) is 5.56. The van der Waals surface area contributed by atoms with Crippen molar-refractivity contribution in [3.63, 3.8) is 0 Å². The number of aromatic nitrogens is 2. The normalized spacial score (nSPS) is 18.0. The second kappa shape index (κ2) is 4.77. The molecule has 0 aromatic carbocycles. The molecule has 1 atom stereocenters. The molecule has 0 bridgehead atoms. The molecule has 1 aliphatic rings. The summed E-state index contributed by atoms with van der Waals surface area (Å²) in [6.07, 6.45) is 4.71. The Labute approximate surface area is 90.6 Å². The maximum Gasteiger partial charge on any atom is 0.0739 e. The average Bonchev–Trinajstić information content (AvgIpc) is 2.97. The molecule has 0 aliphatic heterocycles. The lowest BCUT2D eigenvalue weighted by atomic mass is 10.3. The van der Waals surface area contributed by atoms with Crippen molar-refractivity contribution in [3.05, 3.63) is 18.0 Å². The first-order valence-corrected chi connectivity index (χ1v) is 5.56. The maximum absolute atomic E-state index is 5.24. The summed E-state index contributed by atoms with van der Waals surface area (Å²) in [7, 11) is 1.73. The predicted octanol–water partition coefficient (Wildman–Crippen LogP) is 1.17. The van der Waals surface area contributed by atoms with E-state index < -0.39 is 0 Å². The number of nitrogens with zero attached hydrogens (tertiary/aromatic N) is 2. The van der Waals surface area contributed by atoms with E-state index in [-0.39, 0.29) is 6.10 Å². The Kier molecular flexibility index (Phi) is 3.38. The highest BCUT2D eigenvalue weighted by Crippen LogP contribution is 2.19. The molecule has 84 valence electrons. The fourth-order valence-electron chi connectivity index (χ4n) is 1.53. The van der Waals surface area contributed by atoms with Crippen LogP contribution in [0.5, 0.6) is 0 Å². The fraction of sp³-hybridized carbons (Fsp3) is 0.727. The van der Waals surface area contributed by atoms with E-state index in [0.717, 1.165) is 19.1 Å². The van der Waals surface area contributed by atoms with Crippen LogP contribution < -0.4 is 5.32 Å². The van der Waals surface area contributed by atoms with Crippen molar-refractivity contribution in [2.45, 2.75) is 45.0 Å². The van der Waals surface area contributed by atoms with Crippen molar-refractivity contribution >= 4 is 0 Å². The largest absolute Gasteiger partial charge is 0.380 e. The van der Waals surface area contributed by atoms with Gasteiger partial charge in [0.2, 0.25) is 0 Å². The van der Waals surface area contributed by atoms with Gasteiger partial charge in [-0.3, -0.25) is 4.68 Å². The minimum atomic E-state index is 0.213. The molecule has 1 N–H and O–H groups in total. The van der Waals surface area contributed by atoms with E-state index in [1.54, 1.807) is 7.11 Å². The Balaban J connectivity index is 1.88. The van der Waals surface area contributed by atoms with Crippen LogP contribution in [-0.2, 0) is 17.8 Å². The number of hydrogen-bond acceptors (Lipinski definition) is 3. The second-order valence-corrected chi connectivity index (χ2v) is 4.21. The zero-order valence-corrected chi connectivity index (χ0v) is 9.44. The van der Waals surface area contributed by atoms with E-state index in [9.17, 15) is 0 Å². The lowest BCUT2D eigenvalue weighted by molar-refractivity contribution is 0.0988. The monoisotopic (exact) mass is 209 g/mol. The molecule has 2 rings (SSSR count). The van der Waals surface area contributed by atoms with Gasteiger partial charge in [0.1, 0.15) is 0 Å². The molecule has 1 aliphatic carbocycles. The van der Waals surface area contributed by atoms with Crippen molar-refractivity contribution in [3.8, 4) is 0 Å². The quantitative estimate of drug-likeness (QED) is 0.764. The van der Waals surface area contributed by atoms with Gasteiger partial charge >= 0.3 is 0 Å². The van der Waals surface area contributed by atoms with E-state index in [0.29, 0.717) is 0 Å². The number of rotatable bonds is 6. The smallest absolute Gasteiger partial charge is 0.0739 e. The van der Waals surface area contributed by atoms with E-state index >= 15 is 0 Å². The van der Waals surface area contributed by atoms with Crippen LogP contribution in [0.2, 0.25) is 0 Å². The highest BCUT2D eigenvalue weighted by Gasteiger charge is 2.20. The minimum Gasteiger partial charge on any atom is -0.380 e. The first-order chi connectivity index (χ1) is 7.29. The summed E-state index contributed by atoms with van der Waals surface area (Å²) in [6.45, 7) is 3.80. The summed E-state index contributed by atoms with van der Waals surface area (Å²) >= 11 is 0. The predicted molar refractivity (Wildman–Crippen MR) is 58.6 cm³/mol. The van der Waals surface area contributed by atoms with Crippen molar-refractivity contribution in [1.82, 2.24) is 15.1 Å². The first kappa shape index (κ1) is 10.6. The lowest BCUT2D eigenvalue weighted by Crippen LogP contribution is -2.22. The van der Waals surface area contributed by atoms with Gasteiger partial charge < -0.3 is 10.1 Å². The summed E-state index contributed by atoms with van der Waals surface area (Å²) in [5.74, 6) is 0. The van der Waals surface area contributed by atoms with Crippen LogP contribution in [0, 0.1) is 0 Å². The maximum atomic E-state index is 5.24. The zero-order valence-electron chi connectivity index (χ0n) is 9.44. The van der Waals surface area contributed by atoms with E-state index in [1.807, 2.05) is 10.9 Å². The van der Waals surface area contributed by atoms with Crippen LogP contribution in [0.3, 0.4) is 0 Å². The summed E-state index contributed by atoms with van der Waals surface area (Å²) in [5, 5.41) is 7.79. The zero-order chi connectivity index (χ0) is 10.7. The molecular formula is C11H19N3O. The third kappa shape index (κ3) is 3.04. The fourth-order valence-corrected chi connectivity index (χ4v) is 1.53. The molecule has 4 heteroatoms. The molecule has 0 radical (unpaired) electrons. The standard InChI is InChI=1S/C11H19N3O/c1-9(15-2)8-14-11(5-6-13-14)7-12-10-3-4-10/h5-6,9-10,12H,3-4,7-8H2,1-2H3. The van der Waals surface area contributed by atoms with Crippen molar-refractivity contribution in [2.75, 3.05) is 7.11 Å². The van der Waals surface area contributed by atoms with Gasteiger partial charge in [0.15, 0.2) is 0 Å². The topological polar surface area (TPSA) is 39.1 Å². The highest BCUT2D eigenvalue weighted by molar-refractivity contribution is 5.01. The third-order valence-electron chi connectivity index (χ3n) is 2.79. The van der Waals surface area contributed by atoms with Gasteiger partial charge in [0, 0.05) is 25.9 Å². The third-order valence-corrected chi connectivity index (χ3v) is 2.79. The Bertz CT molecular complexity index is 307. The molecule has 1 aromatic rings. The Morgan fingerprint density at radius 3 is 3.13 bits per heavy atom. The molecule has 0 amide bonds. The van der Waals surface area contributed by atoms with E-state index in [2.05, 4.69) is 23.4 Å². The summed E-state index contributed by atoms with van der Waals surface area (Å²) in [6, 6.07) is 2.81. The summed E-state index contributed by atoms with van der Waals surface area (Å²) < 4.78 is 7.25. The molecule has 1 saturated carbocycles. The average molecular weight is 209 g/mol. The van der Waals surface area contributed by atoms with E-state index in [1.165, 1.54) is 18.5 Å². The molecule has 0 spiro atoms.